The Hall–Kier alpha value is -1.59. The maximum absolute atomic E-state index is 11.5. The summed E-state index contributed by atoms with van der Waals surface area (Å²) in [4.78, 5) is 22.7. The van der Waals surface area contributed by atoms with Crippen LogP contribution in [0.3, 0.4) is 0 Å². The topological polar surface area (TPSA) is 67.4 Å². The smallest absolute Gasteiger partial charge is 0.325 e. The molecule has 0 spiro atoms. The Morgan fingerprint density at radius 3 is 2.78 bits per heavy atom. The number of benzene rings is 1. The van der Waals surface area contributed by atoms with Gasteiger partial charge in [0.1, 0.15) is 5.38 Å². The van der Waals surface area contributed by atoms with Crippen LogP contribution in [-0.2, 0) is 16.1 Å². The third-order valence-electron chi connectivity index (χ3n) is 2.09. The number of urea groups is 1. The molecule has 3 amide bonds. The molecule has 0 bridgehead atoms. The number of carbonyl (C=O) groups is 2. The Labute approximate surface area is 110 Å². The number of halogens is 1. The van der Waals surface area contributed by atoms with Crippen molar-refractivity contribution in [3.63, 3.8) is 0 Å². The van der Waals surface area contributed by atoms with Crippen LogP contribution >= 0.6 is 11.6 Å². The molecular weight excluding hydrogens is 256 g/mol. The Morgan fingerprint density at radius 2 is 2.17 bits per heavy atom. The quantitative estimate of drug-likeness (QED) is 0.824. The highest BCUT2D eigenvalue weighted by atomic mass is 35.5. The van der Waals surface area contributed by atoms with Crippen LogP contribution in [0.2, 0.25) is 0 Å². The molecule has 5 nitrogen and oxygen atoms in total. The lowest BCUT2D eigenvalue weighted by Gasteiger charge is -2.08. The monoisotopic (exact) mass is 270 g/mol. The van der Waals surface area contributed by atoms with Gasteiger partial charge in [-0.25, -0.2) is 4.79 Å². The first kappa shape index (κ1) is 14.5. The van der Waals surface area contributed by atoms with E-state index >= 15 is 0 Å². The zero-order valence-electron chi connectivity index (χ0n) is 10.2. The van der Waals surface area contributed by atoms with Crippen LogP contribution in [0.4, 0.5) is 10.5 Å². The van der Waals surface area contributed by atoms with Crippen LogP contribution in [0.5, 0.6) is 0 Å². The van der Waals surface area contributed by atoms with Gasteiger partial charge in [-0.3, -0.25) is 10.1 Å². The largest absolute Gasteiger partial charge is 0.380 e. The first-order valence-electron chi connectivity index (χ1n) is 5.36. The molecule has 0 fully saturated rings. The van der Waals surface area contributed by atoms with Crippen LogP contribution < -0.4 is 10.6 Å². The molecule has 2 N–H and O–H groups in total. The lowest BCUT2D eigenvalue weighted by molar-refractivity contribution is -0.119. The van der Waals surface area contributed by atoms with Gasteiger partial charge in [0.05, 0.1) is 6.61 Å². The van der Waals surface area contributed by atoms with Gasteiger partial charge < -0.3 is 10.1 Å². The van der Waals surface area contributed by atoms with E-state index in [9.17, 15) is 9.59 Å². The number of hydrogen-bond donors (Lipinski definition) is 2. The van der Waals surface area contributed by atoms with Crippen molar-refractivity contribution in [3.05, 3.63) is 29.8 Å². The van der Waals surface area contributed by atoms with E-state index in [1.54, 1.807) is 25.3 Å². The lowest BCUT2D eigenvalue weighted by Crippen LogP contribution is -2.38. The normalized spacial score (nSPS) is 11.7. The molecule has 1 aromatic rings. The number of ether oxygens (including phenoxy) is 1. The minimum atomic E-state index is -0.754. The van der Waals surface area contributed by atoms with Crippen molar-refractivity contribution < 1.29 is 14.3 Å². The molecule has 0 radical (unpaired) electrons. The van der Waals surface area contributed by atoms with Gasteiger partial charge in [-0.2, -0.15) is 0 Å². The van der Waals surface area contributed by atoms with Crippen LogP contribution in [0.15, 0.2) is 24.3 Å². The molecule has 98 valence electrons. The summed E-state index contributed by atoms with van der Waals surface area (Å²) in [6.07, 6.45) is 0. The molecule has 0 aromatic heterocycles. The SMILES string of the molecule is COCc1cccc(NC(=O)NC(=O)C(C)Cl)c1. The zero-order valence-corrected chi connectivity index (χ0v) is 11.0. The molecule has 1 unspecified atom stereocenters. The summed E-state index contributed by atoms with van der Waals surface area (Å²) >= 11 is 5.53. The fraction of sp³-hybridized carbons (Fsp3) is 0.333. The molecule has 0 aliphatic carbocycles. The highest BCUT2D eigenvalue weighted by Gasteiger charge is 2.12. The van der Waals surface area contributed by atoms with E-state index in [0.29, 0.717) is 12.3 Å². The number of anilines is 1. The highest BCUT2D eigenvalue weighted by Crippen LogP contribution is 2.11. The first-order valence-corrected chi connectivity index (χ1v) is 5.80. The maximum Gasteiger partial charge on any atom is 0.325 e. The average molecular weight is 271 g/mol. The third-order valence-corrected chi connectivity index (χ3v) is 2.29. The predicted molar refractivity (Wildman–Crippen MR) is 69.6 cm³/mol. The maximum atomic E-state index is 11.5. The average Bonchev–Trinajstić information content (AvgIpc) is 2.29. The van der Waals surface area contributed by atoms with Crippen LogP contribution in [0, 0.1) is 0 Å². The highest BCUT2D eigenvalue weighted by molar-refractivity contribution is 6.31. The van der Waals surface area contributed by atoms with E-state index in [1.807, 2.05) is 6.07 Å². The van der Waals surface area contributed by atoms with Crippen molar-refractivity contribution in [2.45, 2.75) is 18.9 Å². The number of carbonyl (C=O) groups excluding carboxylic acids is 2. The Balaban J connectivity index is 2.59. The number of amides is 3. The molecule has 0 saturated carbocycles. The van der Waals surface area contributed by atoms with Gasteiger partial charge in [0.15, 0.2) is 0 Å². The van der Waals surface area contributed by atoms with Crippen molar-refractivity contribution >= 4 is 29.2 Å². The Morgan fingerprint density at radius 1 is 1.44 bits per heavy atom. The molecule has 1 aromatic carbocycles. The summed E-state index contributed by atoms with van der Waals surface area (Å²) in [5.41, 5.74) is 1.50. The van der Waals surface area contributed by atoms with Gasteiger partial charge in [0.25, 0.3) is 0 Å². The minimum Gasteiger partial charge on any atom is -0.380 e. The predicted octanol–water partition coefficient (Wildman–Crippen LogP) is 2.11. The van der Waals surface area contributed by atoms with Gasteiger partial charge >= 0.3 is 6.03 Å². The standard InChI is InChI=1S/C12H15ClN2O3/c1-8(13)11(16)15-12(17)14-10-5-3-4-9(6-10)7-18-2/h3-6,8H,7H2,1-2H3,(H2,14,15,16,17). The van der Waals surface area contributed by atoms with Gasteiger partial charge in [-0.05, 0) is 24.6 Å². The van der Waals surface area contributed by atoms with Crippen LogP contribution in [0.25, 0.3) is 0 Å². The first-order chi connectivity index (χ1) is 8.52. The number of hydrogen-bond acceptors (Lipinski definition) is 3. The summed E-state index contributed by atoms with van der Waals surface area (Å²) in [5.74, 6) is -0.540. The number of rotatable bonds is 4. The Kier molecular flexibility index (Phi) is 5.61. The summed E-state index contributed by atoms with van der Waals surface area (Å²) in [7, 11) is 1.59. The molecule has 1 rings (SSSR count). The number of imide groups is 1. The summed E-state index contributed by atoms with van der Waals surface area (Å²) in [6.45, 7) is 1.94. The van der Waals surface area contributed by atoms with Crippen molar-refractivity contribution in [2.75, 3.05) is 12.4 Å². The molecule has 0 aliphatic rings. The second-order valence-corrected chi connectivity index (χ2v) is 4.35. The summed E-state index contributed by atoms with van der Waals surface area (Å²) in [5, 5.41) is 3.91. The molecular formula is C12H15ClN2O3. The van der Waals surface area contributed by atoms with E-state index in [2.05, 4.69) is 10.6 Å². The number of methoxy groups -OCH3 is 1. The molecule has 18 heavy (non-hydrogen) atoms. The van der Waals surface area contributed by atoms with Crippen molar-refractivity contribution in [1.82, 2.24) is 5.32 Å². The van der Waals surface area contributed by atoms with Gasteiger partial charge in [0.2, 0.25) is 5.91 Å². The van der Waals surface area contributed by atoms with Crippen molar-refractivity contribution in [2.24, 2.45) is 0 Å². The minimum absolute atomic E-state index is 0.453. The molecule has 6 heteroatoms. The van der Waals surface area contributed by atoms with Crippen LogP contribution in [0.1, 0.15) is 12.5 Å². The van der Waals surface area contributed by atoms with Crippen molar-refractivity contribution in [3.8, 4) is 0 Å². The molecule has 0 heterocycles. The second kappa shape index (κ2) is 6.98. The van der Waals surface area contributed by atoms with Gasteiger partial charge in [-0.1, -0.05) is 12.1 Å². The van der Waals surface area contributed by atoms with Gasteiger partial charge in [-0.15, -0.1) is 11.6 Å². The van der Waals surface area contributed by atoms with Crippen molar-refractivity contribution in [1.29, 1.82) is 0 Å². The van der Waals surface area contributed by atoms with E-state index < -0.39 is 17.3 Å². The van der Waals surface area contributed by atoms with Gasteiger partial charge in [0, 0.05) is 12.8 Å². The third kappa shape index (κ3) is 4.73. The van der Waals surface area contributed by atoms with E-state index in [0.717, 1.165) is 5.56 Å². The lowest BCUT2D eigenvalue weighted by atomic mass is 10.2. The molecule has 0 aliphatic heterocycles. The van der Waals surface area contributed by atoms with E-state index in [1.165, 1.54) is 6.92 Å². The van der Waals surface area contributed by atoms with Crippen LogP contribution in [-0.4, -0.2) is 24.4 Å². The second-order valence-electron chi connectivity index (χ2n) is 3.69. The van der Waals surface area contributed by atoms with E-state index in [4.69, 9.17) is 16.3 Å². The number of nitrogens with one attached hydrogen (secondary N) is 2. The zero-order chi connectivity index (χ0) is 13.5. The fourth-order valence-corrected chi connectivity index (χ4v) is 1.33. The summed E-state index contributed by atoms with van der Waals surface area (Å²) in [6, 6.07) is 6.53. The molecule has 1 atom stereocenters. The summed E-state index contributed by atoms with van der Waals surface area (Å²) < 4.78 is 4.98. The fourth-order valence-electron chi connectivity index (χ4n) is 1.28. The number of alkyl halides is 1. The Bertz CT molecular complexity index is 435. The molecule has 0 saturated heterocycles. The van der Waals surface area contributed by atoms with E-state index in [-0.39, 0.29) is 0 Å².